The molecule has 0 saturated carbocycles. The highest BCUT2D eigenvalue weighted by molar-refractivity contribution is 5.83. The Kier molecular flexibility index (Phi) is 4.88. The number of esters is 1. The molecule has 0 radical (unpaired) electrons. The van der Waals surface area contributed by atoms with Gasteiger partial charge in [0.05, 0.1) is 18.9 Å². The van der Waals surface area contributed by atoms with Gasteiger partial charge < -0.3 is 24.9 Å². The second-order valence-corrected chi connectivity index (χ2v) is 4.99. The number of nitrogens with one attached hydrogen (secondary N) is 2. The van der Waals surface area contributed by atoms with Crippen molar-refractivity contribution in [2.75, 3.05) is 6.61 Å². The number of hydrogen-bond acceptors (Lipinski definition) is 5. The average molecular weight is 348 g/mol. The molecule has 0 bridgehead atoms. The molecular weight excluding hydrogens is 333 g/mol. The topological polar surface area (TPSA) is 101 Å². The molecule has 3 atom stereocenters. The molecule has 7 nitrogen and oxygen atoms in total. The molecule has 2 heterocycles. The summed E-state index contributed by atoms with van der Waals surface area (Å²) in [5.41, 5.74) is -3.76. The van der Waals surface area contributed by atoms with Crippen LogP contribution in [0.3, 0.4) is 0 Å². The second-order valence-electron chi connectivity index (χ2n) is 4.99. The first-order valence-electron chi connectivity index (χ1n) is 6.95. The Bertz CT molecular complexity index is 629. The van der Waals surface area contributed by atoms with Crippen LogP contribution in [0.4, 0.5) is 18.0 Å². The zero-order valence-electron chi connectivity index (χ0n) is 12.5. The normalized spacial score (nSPS) is 27.6. The van der Waals surface area contributed by atoms with E-state index in [-0.39, 0.29) is 6.61 Å². The highest BCUT2D eigenvalue weighted by Gasteiger charge is 2.66. The zero-order chi connectivity index (χ0) is 18.0. The second kappa shape index (κ2) is 6.56. The fourth-order valence-corrected chi connectivity index (χ4v) is 2.32. The summed E-state index contributed by atoms with van der Waals surface area (Å²) in [4.78, 5) is 23.5. The van der Waals surface area contributed by atoms with Crippen molar-refractivity contribution in [1.82, 2.24) is 10.6 Å². The summed E-state index contributed by atoms with van der Waals surface area (Å²) in [6.07, 6.45) is -1.55. The van der Waals surface area contributed by atoms with Crippen molar-refractivity contribution in [3.8, 4) is 0 Å². The summed E-state index contributed by atoms with van der Waals surface area (Å²) in [7, 11) is 0. The number of furan rings is 1. The molecule has 24 heavy (non-hydrogen) atoms. The Morgan fingerprint density at radius 2 is 2.25 bits per heavy atom. The van der Waals surface area contributed by atoms with E-state index in [4.69, 9.17) is 4.42 Å². The molecule has 0 spiro atoms. The summed E-state index contributed by atoms with van der Waals surface area (Å²) in [5.74, 6) is -3.15. The Balaban J connectivity index is 2.41. The quantitative estimate of drug-likeness (QED) is 0.714. The SMILES string of the molecule is CCOC(=O)[C@H]1[C@H](/C=C\c2ccco2)NC(=O)N[C@@]1(O)C(F)(F)F. The van der Waals surface area contributed by atoms with Gasteiger partial charge in [-0.2, -0.15) is 13.2 Å². The first-order chi connectivity index (χ1) is 11.2. The minimum Gasteiger partial charge on any atom is -0.466 e. The maximum Gasteiger partial charge on any atom is 0.437 e. The number of halogens is 3. The lowest BCUT2D eigenvalue weighted by molar-refractivity contribution is -0.292. The number of aliphatic hydroxyl groups is 1. The van der Waals surface area contributed by atoms with Crippen molar-refractivity contribution in [2.45, 2.75) is 24.9 Å². The fourth-order valence-electron chi connectivity index (χ4n) is 2.32. The van der Waals surface area contributed by atoms with Gasteiger partial charge >= 0.3 is 18.2 Å². The van der Waals surface area contributed by atoms with Crippen LogP contribution in [0.25, 0.3) is 6.08 Å². The van der Waals surface area contributed by atoms with E-state index in [1.165, 1.54) is 30.6 Å². The number of carbonyl (C=O) groups is 2. The molecule has 2 rings (SSSR count). The monoisotopic (exact) mass is 348 g/mol. The van der Waals surface area contributed by atoms with Crippen LogP contribution in [0.1, 0.15) is 12.7 Å². The van der Waals surface area contributed by atoms with Gasteiger partial charge in [0.1, 0.15) is 11.7 Å². The molecule has 1 aromatic rings. The van der Waals surface area contributed by atoms with Gasteiger partial charge in [0.25, 0.3) is 5.72 Å². The summed E-state index contributed by atoms with van der Waals surface area (Å²) < 4.78 is 49.5. The highest BCUT2D eigenvalue weighted by atomic mass is 19.4. The van der Waals surface area contributed by atoms with Crippen molar-refractivity contribution in [3.05, 3.63) is 30.2 Å². The van der Waals surface area contributed by atoms with Gasteiger partial charge in [-0.3, -0.25) is 4.79 Å². The smallest absolute Gasteiger partial charge is 0.437 e. The number of carbonyl (C=O) groups excluding carboxylic acids is 2. The molecule has 1 aliphatic rings. The van der Waals surface area contributed by atoms with Crippen molar-refractivity contribution in [1.29, 1.82) is 0 Å². The van der Waals surface area contributed by atoms with Gasteiger partial charge in [-0.05, 0) is 25.1 Å². The van der Waals surface area contributed by atoms with Crippen LogP contribution in [0, 0.1) is 5.92 Å². The minimum atomic E-state index is -5.29. The van der Waals surface area contributed by atoms with Crippen LogP contribution in [0.15, 0.2) is 28.9 Å². The number of ether oxygens (including phenoxy) is 1. The van der Waals surface area contributed by atoms with Gasteiger partial charge in [0.15, 0.2) is 0 Å². The fraction of sp³-hybridized carbons (Fsp3) is 0.429. The first-order valence-corrected chi connectivity index (χ1v) is 6.95. The van der Waals surface area contributed by atoms with E-state index in [0.717, 1.165) is 6.08 Å². The molecule has 0 unspecified atom stereocenters. The van der Waals surface area contributed by atoms with Gasteiger partial charge in [-0.25, -0.2) is 4.79 Å². The van der Waals surface area contributed by atoms with Crippen LogP contribution in [0.5, 0.6) is 0 Å². The third kappa shape index (κ3) is 3.37. The Morgan fingerprint density at radius 1 is 1.54 bits per heavy atom. The Hall–Kier alpha value is -2.49. The average Bonchev–Trinajstić information content (AvgIpc) is 2.96. The number of rotatable bonds is 4. The maximum absolute atomic E-state index is 13.3. The summed E-state index contributed by atoms with van der Waals surface area (Å²) in [6.45, 7) is 1.22. The maximum atomic E-state index is 13.3. The van der Waals surface area contributed by atoms with E-state index >= 15 is 0 Å². The van der Waals surface area contributed by atoms with Crippen molar-refractivity contribution >= 4 is 18.1 Å². The third-order valence-corrected chi connectivity index (χ3v) is 3.39. The van der Waals surface area contributed by atoms with E-state index in [9.17, 15) is 27.9 Å². The standard InChI is InChI=1S/C14H15F3N2O5/c1-2-23-11(20)10-9(6-5-8-4-3-7-24-8)18-12(21)19-13(10,22)14(15,16)17/h3-7,9-10,22H,2H2,1H3,(H2,18,19,21)/b6-5-/t9-,10+,13-/m0/s1. The summed E-state index contributed by atoms with van der Waals surface area (Å²) in [5, 5.41) is 13.5. The predicted molar refractivity (Wildman–Crippen MR) is 74.3 cm³/mol. The van der Waals surface area contributed by atoms with E-state index < -0.39 is 35.9 Å². The predicted octanol–water partition coefficient (Wildman–Crippen LogP) is 1.40. The molecule has 10 heteroatoms. The van der Waals surface area contributed by atoms with Crippen LogP contribution in [-0.4, -0.2) is 41.7 Å². The van der Waals surface area contributed by atoms with E-state index in [2.05, 4.69) is 10.1 Å². The van der Waals surface area contributed by atoms with Gasteiger partial charge in [0, 0.05) is 0 Å². The zero-order valence-corrected chi connectivity index (χ0v) is 12.5. The third-order valence-electron chi connectivity index (χ3n) is 3.39. The van der Waals surface area contributed by atoms with Crippen LogP contribution in [-0.2, 0) is 9.53 Å². The first kappa shape index (κ1) is 17.9. The lowest BCUT2D eigenvalue weighted by Crippen LogP contribution is -2.75. The highest BCUT2D eigenvalue weighted by Crippen LogP contribution is 2.38. The number of hydrogen-bond donors (Lipinski definition) is 3. The lowest BCUT2D eigenvalue weighted by Gasteiger charge is -2.43. The van der Waals surface area contributed by atoms with E-state index in [1.54, 1.807) is 6.07 Å². The lowest BCUT2D eigenvalue weighted by atomic mass is 9.85. The Labute approximate surface area is 134 Å². The number of amides is 2. The van der Waals surface area contributed by atoms with Crippen LogP contribution < -0.4 is 10.6 Å². The molecule has 132 valence electrons. The van der Waals surface area contributed by atoms with Gasteiger partial charge in [-0.1, -0.05) is 6.08 Å². The molecule has 0 aromatic carbocycles. The molecule has 2 amide bonds. The number of urea groups is 1. The van der Waals surface area contributed by atoms with Crippen LogP contribution >= 0.6 is 0 Å². The molecule has 1 aromatic heterocycles. The van der Waals surface area contributed by atoms with Gasteiger partial charge in [0.2, 0.25) is 0 Å². The number of alkyl halides is 3. The van der Waals surface area contributed by atoms with Crippen molar-refractivity contribution < 1.29 is 37.0 Å². The molecule has 3 N–H and O–H groups in total. The van der Waals surface area contributed by atoms with E-state index in [0.29, 0.717) is 5.76 Å². The van der Waals surface area contributed by atoms with Gasteiger partial charge in [-0.15, -0.1) is 0 Å². The van der Waals surface area contributed by atoms with Crippen molar-refractivity contribution in [2.24, 2.45) is 5.92 Å². The minimum absolute atomic E-state index is 0.189. The largest absolute Gasteiger partial charge is 0.466 e. The van der Waals surface area contributed by atoms with Crippen LogP contribution in [0.2, 0.25) is 0 Å². The molecule has 0 aliphatic carbocycles. The molecular formula is C14H15F3N2O5. The summed E-state index contributed by atoms with van der Waals surface area (Å²) >= 11 is 0. The van der Waals surface area contributed by atoms with E-state index in [1.807, 2.05) is 0 Å². The molecule has 1 aliphatic heterocycles. The van der Waals surface area contributed by atoms with Crippen molar-refractivity contribution in [3.63, 3.8) is 0 Å². The molecule has 1 saturated heterocycles. The Morgan fingerprint density at radius 3 is 2.79 bits per heavy atom. The molecule has 1 fully saturated rings. The summed E-state index contributed by atoms with van der Waals surface area (Å²) in [6, 6.07) is 0.337.